The van der Waals surface area contributed by atoms with Gasteiger partial charge in [-0.15, -0.1) is 0 Å². The molecule has 8 heteroatoms. The SMILES string of the molecule is O=C(CCc1nc(-c2ccco2)no1)N1CCOC(C2CCCO2)C1. The van der Waals surface area contributed by atoms with Crippen molar-refractivity contribution in [2.24, 2.45) is 0 Å². The van der Waals surface area contributed by atoms with Gasteiger partial charge in [-0.05, 0) is 25.0 Å². The molecule has 25 heavy (non-hydrogen) atoms. The second-order valence-corrected chi connectivity index (χ2v) is 6.29. The normalized spacial score (nSPS) is 23.9. The number of amides is 1. The van der Waals surface area contributed by atoms with E-state index < -0.39 is 0 Å². The maximum atomic E-state index is 12.5. The number of rotatable bonds is 5. The number of furan rings is 1. The van der Waals surface area contributed by atoms with Crippen LogP contribution >= 0.6 is 0 Å². The number of aryl methyl sites for hydroxylation is 1. The van der Waals surface area contributed by atoms with Gasteiger partial charge in [-0.25, -0.2) is 0 Å². The minimum absolute atomic E-state index is 0.0193. The van der Waals surface area contributed by atoms with E-state index in [1.807, 2.05) is 4.90 Å². The van der Waals surface area contributed by atoms with Gasteiger partial charge in [-0.1, -0.05) is 5.16 Å². The van der Waals surface area contributed by atoms with Crippen LogP contribution in [0.15, 0.2) is 27.3 Å². The molecule has 0 radical (unpaired) electrons. The van der Waals surface area contributed by atoms with Gasteiger partial charge in [0.05, 0.1) is 19.0 Å². The van der Waals surface area contributed by atoms with E-state index in [9.17, 15) is 4.79 Å². The van der Waals surface area contributed by atoms with Gasteiger partial charge in [0.25, 0.3) is 0 Å². The summed E-state index contributed by atoms with van der Waals surface area (Å²) in [5, 5.41) is 3.87. The lowest BCUT2D eigenvalue weighted by Gasteiger charge is -2.35. The minimum atomic E-state index is -0.0193. The number of carbonyl (C=O) groups excluding carboxylic acids is 1. The Labute approximate surface area is 145 Å². The molecule has 2 fully saturated rings. The maximum Gasteiger partial charge on any atom is 0.238 e. The van der Waals surface area contributed by atoms with Crippen molar-refractivity contribution >= 4 is 5.91 Å². The van der Waals surface area contributed by atoms with Crippen LogP contribution in [0.4, 0.5) is 0 Å². The minimum Gasteiger partial charge on any atom is -0.461 e. The highest BCUT2D eigenvalue weighted by molar-refractivity contribution is 5.76. The van der Waals surface area contributed by atoms with Gasteiger partial charge < -0.3 is 23.3 Å². The Balaban J connectivity index is 1.29. The van der Waals surface area contributed by atoms with E-state index in [0.717, 1.165) is 19.4 Å². The van der Waals surface area contributed by atoms with Crippen molar-refractivity contribution in [2.75, 3.05) is 26.3 Å². The lowest BCUT2D eigenvalue weighted by molar-refractivity contribution is -0.144. The van der Waals surface area contributed by atoms with Gasteiger partial charge in [0.2, 0.25) is 17.6 Å². The fraction of sp³-hybridized carbons (Fsp3) is 0.588. The average Bonchev–Trinajstić information content (AvgIpc) is 3.42. The first-order valence-electron chi connectivity index (χ1n) is 8.67. The molecule has 0 spiro atoms. The predicted molar refractivity (Wildman–Crippen MR) is 85.6 cm³/mol. The highest BCUT2D eigenvalue weighted by Crippen LogP contribution is 2.21. The molecule has 2 unspecified atom stereocenters. The number of aromatic nitrogens is 2. The summed E-state index contributed by atoms with van der Waals surface area (Å²) in [5.41, 5.74) is 0. The molecule has 2 saturated heterocycles. The summed E-state index contributed by atoms with van der Waals surface area (Å²) >= 11 is 0. The zero-order chi connectivity index (χ0) is 17.1. The third kappa shape index (κ3) is 3.74. The van der Waals surface area contributed by atoms with Crippen LogP contribution in [0.2, 0.25) is 0 Å². The second kappa shape index (κ2) is 7.37. The summed E-state index contributed by atoms with van der Waals surface area (Å²) in [4.78, 5) is 18.6. The van der Waals surface area contributed by atoms with E-state index in [0.29, 0.717) is 50.0 Å². The van der Waals surface area contributed by atoms with Crippen LogP contribution in [0.3, 0.4) is 0 Å². The predicted octanol–water partition coefficient (Wildman–Crippen LogP) is 1.67. The summed E-state index contributed by atoms with van der Waals surface area (Å²) in [6.45, 7) is 2.54. The molecular weight excluding hydrogens is 326 g/mol. The third-order valence-electron chi connectivity index (χ3n) is 4.59. The van der Waals surface area contributed by atoms with Gasteiger partial charge in [-0.3, -0.25) is 4.79 Å². The Morgan fingerprint density at radius 3 is 3.00 bits per heavy atom. The molecule has 0 aromatic carbocycles. The van der Waals surface area contributed by atoms with Gasteiger partial charge in [-0.2, -0.15) is 4.98 Å². The molecular formula is C17H21N3O5. The Bertz CT molecular complexity index is 693. The summed E-state index contributed by atoms with van der Waals surface area (Å²) in [6, 6.07) is 3.52. The van der Waals surface area contributed by atoms with Crippen molar-refractivity contribution in [2.45, 2.75) is 37.9 Å². The molecule has 0 bridgehead atoms. The highest BCUT2D eigenvalue weighted by Gasteiger charge is 2.32. The topological polar surface area (TPSA) is 90.8 Å². The first-order chi connectivity index (χ1) is 12.3. The van der Waals surface area contributed by atoms with E-state index in [4.69, 9.17) is 18.4 Å². The molecule has 0 aliphatic carbocycles. The molecule has 8 nitrogen and oxygen atoms in total. The van der Waals surface area contributed by atoms with E-state index in [2.05, 4.69) is 10.1 Å². The van der Waals surface area contributed by atoms with Crippen molar-refractivity contribution in [3.05, 3.63) is 24.3 Å². The second-order valence-electron chi connectivity index (χ2n) is 6.29. The molecule has 134 valence electrons. The molecule has 0 saturated carbocycles. The van der Waals surface area contributed by atoms with Crippen LogP contribution in [0, 0.1) is 0 Å². The van der Waals surface area contributed by atoms with Gasteiger partial charge >= 0.3 is 0 Å². The average molecular weight is 347 g/mol. The van der Waals surface area contributed by atoms with Crippen molar-refractivity contribution in [1.29, 1.82) is 0 Å². The third-order valence-corrected chi connectivity index (χ3v) is 4.59. The summed E-state index contributed by atoms with van der Waals surface area (Å²) < 4.78 is 21.9. The molecule has 0 N–H and O–H groups in total. The Kier molecular flexibility index (Phi) is 4.80. The fourth-order valence-corrected chi connectivity index (χ4v) is 3.26. The highest BCUT2D eigenvalue weighted by atomic mass is 16.5. The van der Waals surface area contributed by atoms with Crippen molar-refractivity contribution in [1.82, 2.24) is 15.0 Å². The van der Waals surface area contributed by atoms with Crippen LogP contribution in [0.1, 0.15) is 25.2 Å². The lowest BCUT2D eigenvalue weighted by Crippen LogP contribution is -2.49. The Morgan fingerprint density at radius 2 is 2.20 bits per heavy atom. The molecule has 2 aliphatic heterocycles. The summed E-state index contributed by atoms with van der Waals surface area (Å²) in [7, 11) is 0. The van der Waals surface area contributed by atoms with Crippen LogP contribution < -0.4 is 0 Å². The molecule has 4 heterocycles. The number of hydrogen-bond acceptors (Lipinski definition) is 7. The smallest absolute Gasteiger partial charge is 0.238 e. The van der Waals surface area contributed by atoms with Crippen LogP contribution in [-0.4, -0.2) is 59.5 Å². The maximum absolute atomic E-state index is 12.5. The van der Waals surface area contributed by atoms with Crippen LogP contribution in [-0.2, 0) is 20.7 Å². The van der Waals surface area contributed by atoms with E-state index in [1.165, 1.54) is 0 Å². The number of ether oxygens (including phenoxy) is 2. The van der Waals surface area contributed by atoms with Crippen LogP contribution in [0.25, 0.3) is 11.6 Å². The van der Waals surface area contributed by atoms with Crippen LogP contribution in [0.5, 0.6) is 0 Å². The van der Waals surface area contributed by atoms with Gasteiger partial charge in [0.15, 0.2) is 5.76 Å². The molecule has 2 aliphatic rings. The van der Waals surface area contributed by atoms with Crippen molar-refractivity contribution in [3.63, 3.8) is 0 Å². The molecule has 2 atom stereocenters. The largest absolute Gasteiger partial charge is 0.461 e. The Hall–Kier alpha value is -2.19. The van der Waals surface area contributed by atoms with E-state index in [-0.39, 0.29) is 18.1 Å². The van der Waals surface area contributed by atoms with E-state index in [1.54, 1.807) is 18.4 Å². The van der Waals surface area contributed by atoms with E-state index >= 15 is 0 Å². The summed E-state index contributed by atoms with van der Waals surface area (Å²) in [6.07, 6.45) is 4.46. The number of carbonyl (C=O) groups is 1. The first kappa shape index (κ1) is 16.3. The molecule has 2 aromatic rings. The number of hydrogen-bond donors (Lipinski definition) is 0. The van der Waals surface area contributed by atoms with Gasteiger partial charge in [0.1, 0.15) is 6.10 Å². The van der Waals surface area contributed by atoms with Crippen molar-refractivity contribution in [3.8, 4) is 11.6 Å². The molecule has 2 aromatic heterocycles. The number of nitrogens with zero attached hydrogens (tertiary/aromatic N) is 3. The quantitative estimate of drug-likeness (QED) is 0.812. The zero-order valence-electron chi connectivity index (χ0n) is 13.9. The lowest BCUT2D eigenvalue weighted by atomic mass is 10.1. The fourth-order valence-electron chi connectivity index (χ4n) is 3.26. The monoisotopic (exact) mass is 347 g/mol. The number of morpholine rings is 1. The zero-order valence-corrected chi connectivity index (χ0v) is 13.9. The van der Waals surface area contributed by atoms with Crippen molar-refractivity contribution < 1.29 is 23.2 Å². The molecule has 4 rings (SSSR count). The standard InChI is InChI=1S/C17H21N3O5/c21-16(20-7-10-24-14(11-20)12-3-1-8-22-12)6-5-15-18-17(19-25-15)13-4-2-9-23-13/h2,4,9,12,14H,1,3,5-8,10-11H2. The Morgan fingerprint density at radius 1 is 1.28 bits per heavy atom. The first-order valence-corrected chi connectivity index (χ1v) is 8.67. The molecule has 1 amide bonds. The summed E-state index contributed by atoms with van der Waals surface area (Å²) in [5.74, 6) is 1.46. The van der Waals surface area contributed by atoms with Gasteiger partial charge in [0, 0.05) is 32.5 Å².